The Morgan fingerprint density at radius 1 is 1.27 bits per heavy atom. The van der Waals surface area contributed by atoms with Gasteiger partial charge in [-0.3, -0.25) is 0 Å². The van der Waals surface area contributed by atoms with E-state index in [1.54, 1.807) is 17.2 Å². The maximum absolute atomic E-state index is 12.0. The largest absolute Gasteiger partial charge is 0.465 e. The van der Waals surface area contributed by atoms with Gasteiger partial charge < -0.3 is 18.9 Å². The Labute approximate surface area is 130 Å². The number of nitrogens with zero attached hydrogens (tertiary/aromatic N) is 2. The molecular weight excluding hydrogens is 284 g/mol. The van der Waals surface area contributed by atoms with Crippen molar-refractivity contribution >= 4 is 17.8 Å². The molecule has 0 fully saturated rings. The van der Waals surface area contributed by atoms with E-state index in [0.717, 1.165) is 5.70 Å². The summed E-state index contributed by atoms with van der Waals surface area (Å²) in [7, 11) is 1.36. The van der Waals surface area contributed by atoms with Gasteiger partial charge in [0, 0.05) is 37.6 Å². The number of amides is 1. The van der Waals surface area contributed by atoms with Crippen LogP contribution in [0.5, 0.6) is 0 Å². The highest BCUT2D eigenvalue weighted by atomic mass is 16.6. The number of methoxy groups -OCH3 is 1. The normalized spacial score (nSPS) is 15.3. The fraction of sp³-hybridized carbons (Fsp3) is 0.500. The maximum Gasteiger partial charge on any atom is 0.410 e. The van der Waals surface area contributed by atoms with E-state index in [1.165, 1.54) is 7.11 Å². The third-order valence-electron chi connectivity index (χ3n) is 3.28. The van der Waals surface area contributed by atoms with Gasteiger partial charge in [0.2, 0.25) is 0 Å². The molecule has 0 spiro atoms. The van der Waals surface area contributed by atoms with Crippen LogP contribution in [-0.2, 0) is 9.47 Å². The molecule has 22 heavy (non-hydrogen) atoms. The lowest BCUT2D eigenvalue weighted by Gasteiger charge is -2.29. The third kappa shape index (κ3) is 3.90. The van der Waals surface area contributed by atoms with Crippen molar-refractivity contribution in [2.24, 2.45) is 0 Å². The van der Waals surface area contributed by atoms with Crippen LogP contribution in [0.4, 0.5) is 4.79 Å². The fourth-order valence-electron chi connectivity index (χ4n) is 2.20. The van der Waals surface area contributed by atoms with Crippen LogP contribution in [0, 0.1) is 0 Å². The van der Waals surface area contributed by atoms with Crippen LogP contribution in [0.3, 0.4) is 0 Å². The number of aromatic nitrogens is 1. The van der Waals surface area contributed by atoms with Crippen molar-refractivity contribution in [1.29, 1.82) is 0 Å². The number of hydrogen-bond donors (Lipinski definition) is 0. The van der Waals surface area contributed by atoms with Gasteiger partial charge in [-0.25, -0.2) is 9.59 Å². The summed E-state index contributed by atoms with van der Waals surface area (Å²) in [4.78, 5) is 25.1. The van der Waals surface area contributed by atoms with Gasteiger partial charge in [-0.15, -0.1) is 0 Å². The highest BCUT2D eigenvalue weighted by Gasteiger charge is 2.24. The van der Waals surface area contributed by atoms with Crippen LogP contribution < -0.4 is 0 Å². The molecule has 0 aromatic carbocycles. The SMILES string of the molecule is COC(=O)c1ccn(C2=CCN(C(=O)OC(C)(C)C)CC2)c1. The molecule has 1 aliphatic heterocycles. The Balaban J connectivity index is 2.01. The Kier molecular flexibility index (Phi) is 4.59. The zero-order valence-corrected chi connectivity index (χ0v) is 13.5. The molecule has 2 rings (SSSR count). The smallest absolute Gasteiger partial charge is 0.410 e. The van der Waals surface area contributed by atoms with Gasteiger partial charge in [0.15, 0.2) is 0 Å². The number of ether oxygens (including phenoxy) is 2. The first-order valence-corrected chi connectivity index (χ1v) is 7.24. The molecule has 0 bridgehead atoms. The van der Waals surface area contributed by atoms with Crippen molar-refractivity contribution in [2.75, 3.05) is 20.2 Å². The molecule has 1 aliphatic rings. The fourth-order valence-corrected chi connectivity index (χ4v) is 2.20. The van der Waals surface area contributed by atoms with Crippen LogP contribution in [0.25, 0.3) is 5.70 Å². The van der Waals surface area contributed by atoms with Gasteiger partial charge in [0.1, 0.15) is 5.60 Å². The first-order valence-electron chi connectivity index (χ1n) is 7.24. The van der Waals surface area contributed by atoms with Gasteiger partial charge in [0.05, 0.1) is 12.7 Å². The zero-order chi connectivity index (χ0) is 16.3. The van der Waals surface area contributed by atoms with Gasteiger partial charge in [-0.2, -0.15) is 0 Å². The number of rotatable bonds is 2. The van der Waals surface area contributed by atoms with Crippen molar-refractivity contribution in [3.63, 3.8) is 0 Å². The summed E-state index contributed by atoms with van der Waals surface area (Å²) in [5.41, 5.74) is 1.07. The maximum atomic E-state index is 12.0. The van der Waals surface area contributed by atoms with E-state index in [4.69, 9.17) is 9.47 Å². The molecule has 0 radical (unpaired) electrons. The standard InChI is InChI=1S/C16H22N2O4/c1-16(2,3)22-15(20)17-9-6-13(7-10-17)18-8-5-12(11-18)14(19)21-4/h5-6,8,11H,7,9-10H2,1-4H3. The summed E-state index contributed by atoms with van der Waals surface area (Å²) < 4.78 is 11.9. The topological polar surface area (TPSA) is 60.8 Å². The van der Waals surface area contributed by atoms with Crippen LogP contribution in [0.15, 0.2) is 24.5 Å². The molecule has 0 unspecified atom stereocenters. The van der Waals surface area contributed by atoms with Gasteiger partial charge in [-0.1, -0.05) is 0 Å². The molecule has 6 heteroatoms. The molecule has 6 nitrogen and oxygen atoms in total. The van der Waals surface area contributed by atoms with Crippen molar-refractivity contribution in [3.05, 3.63) is 30.1 Å². The Bertz CT molecular complexity index is 596. The van der Waals surface area contributed by atoms with Crippen LogP contribution in [-0.4, -0.2) is 47.3 Å². The van der Waals surface area contributed by atoms with E-state index in [9.17, 15) is 9.59 Å². The second kappa shape index (κ2) is 6.25. The predicted octanol–water partition coefficient (Wildman–Crippen LogP) is 2.76. The number of esters is 1. The van der Waals surface area contributed by atoms with Crippen molar-refractivity contribution in [1.82, 2.24) is 9.47 Å². The predicted molar refractivity (Wildman–Crippen MR) is 82.5 cm³/mol. The lowest BCUT2D eigenvalue weighted by Crippen LogP contribution is -2.39. The van der Waals surface area contributed by atoms with Gasteiger partial charge >= 0.3 is 12.1 Å². The first kappa shape index (κ1) is 16.1. The molecular formula is C16H22N2O4. The zero-order valence-electron chi connectivity index (χ0n) is 13.5. The minimum Gasteiger partial charge on any atom is -0.465 e. The third-order valence-corrected chi connectivity index (χ3v) is 3.28. The summed E-state index contributed by atoms with van der Waals surface area (Å²) in [6.07, 6.45) is 5.93. The monoisotopic (exact) mass is 306 g/mol. The Morgan fingerprint density at radius 3 is 2.55 bits per heavy atom. The van der Waals surface area contributed by atoms with Gasteiger partial charge in [0.25, 0.3) is 0 Å². The summed E-state index contributed by atoms with van der Waals surface area (Å²) in [6, 6.07) is 1.72. The lowest BCUT2D eigenvalue weighted by molar-refractivity contribution is 0.0269. The summed E-state index contributed by atoms with van der Waals surface area (Å²) in [5.74, 6) is -0.356. The minimum absolute atomic E-state index is 0.300. The Morgan fingerprint density at radius 2 is 2.00 bits per heavy atom. The molecule has 0 saturated carbocycles. The second-order valence-corrected chi connectivity index (χ2v) is 6.17. The van der Waals surface area contributed by atoms with E-state index in [0.29, 0.717) is 25.1 Å². The molecule has 0 saturated heterocycles. The van der Waals surface area contributed by atoms with E-state index in [-0.39, 0.29) is 12.1 Å². The summed E-state index contributed by atoms with van der Waals surface area (Å²) >= 11 is 0. The van der Waals surface area contributed by atoms with E-state index >= 15 is 0 Å². The molecule has 1 amide bonds. The highest BCUT2D eigenvalue weighted by Crippen LogP contribution is 2.19. The molecule has 120 valence electrons. The quantitative estimate of drug-likeness (QED) is 0.788. The molecule has 0 N–H and O–H groups in total. The second-order valence-electron chi connectivity index (χ2n) is 6.17. The molecule has 0 aliphatic carbocycles. The molecule has 1 aromatic heterocycles. The number of carbonyl (C=O) groups excluding carboxylic acids is 2. The summed E-state index contributed by atoms with van der Waals surface area (Å²) in [5, 5.41) is 0. The van der Waals surface area contributed by atoms with Crippen molar-refractivity contribution < 1.29 is 19.1 Å². The highest BCUT2D eigenvalue weighted by molar-refractivity contribution is 5.89. The van der Waals surface area contributed by atoms with Crippen LogP contribution >= 0.6 is 0 Å². The van der Waals surface area contributed by atoms with E-state index < -0.39 is 5.60 Å². The first-order chi connectivity index (χ1) is 10.3. The van der Waals surface area contributed by atoms with Crippen LogP contribution in [0.1, 0.15) is 37.6 Å². The average Bonchev–Trinajstić information content (AvgIpc) is 2.94. The van der Waals surface area contributed by atoms with Crippen molar-refractivity contribution in [3.8, 4) is 0 Å². The minimum atomic E-state index is -0.489. The van der Waals surface area contributed by atoms with E-state index in [2.05, 4.69) is 0 Å². The molecule has 0 atom stereocenters. The van der Waals surface area contributed by atoms with Crippen LogP contribution in [0.2, 0.25) is 0 Å². The van der Waals surface area contributed by atoms with Gasteiger partial charge in [-0.05, 0) is 32.9 Å². The average molecular weight is 306 g/mol. The molecule has 2 heterocycles. The number of hydrogen-bond acceptors (Lipinski definition) is 4. The van der Waals surface area contributed by atoms with E-state index in [1.807, 2.05) is 37.6 Å². The summed E-state index contributed by atoms with van der Waals surface area (Å²) in [6.45, 7) is 6.64. The molecule has 1 aromatic rings. The van der Waals surface area contributed by atoms with Crippen molar-refractivity contribution in [2.45, 2.75) is 32.8 Å². The number of carbonyl (C=O) groups is 2. The lowest BCUT2D eigenvalue weighted by atomic mass is 10.2. The Hall–Kier alpha value is -2.24.